The van der Waals surface area contributed by atoms with Gasteiger partial charge >= 0.3 is 0 Å². The van der Waals surface area contributed by atoms with Crippen LogP contribution in [-0.4, -0.2) is 11.7 Å². The summed E-state index contributed by atoms with van der Waals surface area (Å²) in [5.41, 5.74) is 5.56. The first-order valence-corrected chi connectivity index (χ1v) is 3.88. The van der Waals surface area contributed by atoms with Crippen LogP contribution >= 0.6 is 0 Å². The van der Waals surface area contributed by atoms with E-state index in [-0.39, 0.29) is 5.82 Å². The SMILES string of the molecule is NCC[C@@H](O)c1ccccc1F. The molecule has 0 fully saturated rings. The van der Waals surface area contributed by atoms with E-state index >= 15 is 0 Å². The van der Waals surface area contributed by atoms with E-state index in [4.69, 9.17) is 5.73 Å². The van der Waals surface area contributed by atoms with Gasteiger partial charge in [0.25, 0.3) is 0 Å². The third kappa shape index (κ3) is 2.03. The number of rotatable bonds is 3. The Morgan fingerprint density at radius 2 is 2.08 bits per heavy atom. The fraction of sp³-hybridized carbons (Fsp3) is 0.333. The first kappa shape index (κ1) is 9.16. The smallest absolute Gasteiger partial charge is 0.128 e. The van der Waals surface area contributed by atoms with Crippen molar-refractivity contribution in [1.82, 2.24) is 0 Å². The van der Waals surface area contributed by atoms with Crippen LogP contribution in [0.3, 0.4) is 0 Å². The molecule has 0 unspecified atom stereocenters. The van der Waals surface area contributed by atoms with Crippen LogP contribution in [-0.2, 0) is 0 Å². The fourth-order valence-electron chi connectivity index (χ4n) is 1.06. The summed E-state index contributed by atoms with van der Waals surface area (Å²) in [6.07, 6.45) is -0.391. The highest BCUT2D eigenvalue weighted by molar-refractivity contribution is 5.19. The zero-order chi connectivity index (χ0) is 8.97. The van der Waals surface area contributed by atoms with Crippen LogP contribution in [0, 0.1) is 5.82 Å². The molecule has 0 heterocycles. The van der Waals surface area contributed by atoms with Crippen molar-refractivity contribution in [3.8, 4) is 0 Å². The van der Waals surface area contributed by atoms with E-state index in [0.717, 1.165) is 0 Å². The maximum Gasteiger partial charge on any atom is 0.128 e. The Kier molecular flexibility index (Phi) is 3.19. The number of benzene rings is 1. The summed E-state index contributed by atoms with van der Waals surface area (Å²) in [4.78, 5) is 0. The Labute approximate surface area is 70.8 Å². The number of halogens is 1. The lowest BCUT2D eigenvalue weighted by molar-refractivity contribution is 0.165. The predicted molar refractivity (Wildman–Crippen MR) is 45.0 cm³/mol. The van der Waals surface area contributed by atoms with Gasteiger partial charge in [0.15, 0.2) is 0 Å². The van der Waals surface area contributed by atoms with Crippen molar-refractivity contribution < 1.29 is 9.50 Å². The van der Waals surface area contributed by atoms with Gasteiger partial charge < -0.3 is 10.8 Å². The second-order valence-corrected chi connectivity index (χ2v) is 2.61. The molecule has 1 atom stereocenters. The largest absolute Gasteiger partial charge is 0.388 e. The molecule has 66 valence electrons. The van der Waals surface area contributed by atoms with E-state index in [1.807, 2.05) is 0 Å². The highest BCUT2D eigenvalue weighted by atomic mass is 19.1. The number of hydrogen-bond donors (Lipinski definition) is 2. The highest BCUT2D eigenvalue weighted by Crippen LogP contribution is 2.18. The van der Waals surface area contributed by atoms with Crippen LogP contribution in [0.1, 0.15) is 18.1 Å². The number of hydrogen-bond acceptors (Lipinski definition) is 2. The Morgan fingerprint density at radius 3 is 2.67 bits per heavy atom. The number of nitrogens with two attached hydrogens (primary N) is 1. The van der Waals surface area contributed by atoms with E-state index in [2.05, 4.69) is 0 Å². The molecule has 3 N–H and O–H groups in total. The summed E-state index contributed by atoms with van der Waals surface area (Å²) in [6.45, 7) is 0.357. The molecule has 1 aromatic rings. The van der Waals surface area contributed by atoms with Crippen LogP contribution in [0.15, 0.2) is 24.3 Å². The molecule has 12 heavy (non-hydrogen) atoms. The quantitative estimate of drug-likeness (QED) is 0.714. The Hall–Kier alpha value is -0.930. The average molecular weight is 169 g/mol. The molecule has 0 aromatic heterocycles. The van der Waals surface area contributed by atoms with Gasteiger partial charge in [-0.1, -0.05) is 18.2 Å². The van der Waals surface area contributed by atoms with Crippen LogP contribution in [0.25, 0.3) is 0 Å². The van der Waals surface area contributed by atoms with Crippen LogP contribution in [0.2, 0.25) is 0 Å². The molecule has 1 rings (SSSR count). The van der Waals surface area contributed by atoms with Gasteiger partial charge in [-0.25, -0.2) is 4.39 Å². The van der Waals surface area contributed by atoms with Gasteiger partial charge in [0, 0.05) is 5.56 Å². The van der Waals surface area contributed by atoms with E-state index < -0.39 is 6.10 Å². The molecule has 0 radical (unpaired) electrons. The maximum atomic E-state index is 13.0. The number of aliphatic hydroxyl groups excluding tert-OH is 1. The minimum atomic E-state index is -0.781. The topological polar surface area (TPSA) is 46.2 Å². The lowest BCUT2D eigenvalue weighted by Crippen LogP contribution is -2.07. The van der Waals surface area contributed by atoms with E-state index in [1.54, 1.807) is 18.2 Å². The molecule has 0 bridgehead atoms. The molecule has 0 aliphatic heterocycles. The Balaban J connectivity index is 2.79. The minimum Gasteiger partial charge on any atom is -0.388 e. The molecule has 0 spiro atoms. The fourth-order valence-corrected chi connectivity index (χ4v) is 1.06. The standard InChI is InChI=1S/C9H12FNO/c10-8-4-2-1-3-7(8)9(12)5-6-11/h1-4,9,12H,5-6,11H2/t9-/m1/s1. The van der Waals surface area contributed by atoms with Gasteiger partial charge in [-0.05, 0) is 19.0 Å². The summed E-state index contributed by atoms with van der Waals surface area (Å²) in [5, 5.41) is 9.38. The Bertz CT molecular complexity index is 252. The second kappa shape index (κ2) is 4.18. The second-order valence-electron chi connectivity index (χ2n) is 2.61. The van der Waals surface area contributed by atoms with E-state index in [0.29, 0.717) is 18.5 Å². The van der Waals surface area contributed by atoms with Crippen LogP contribution < -0.4 is 5.73 Å². The van der Waals surface area contributed by atoms with Crippen molar-refractivity contribution in [1.29, 1.82) is 0 Å². The predicted octanol–water partition coefficient (Wildman–Crippen LogP) is 1.21. The summed E-state index contributed by atoms with van der Waals surface area (Å²) >= 11 is 0. The van der Waals surface area contributed by atoms with E-state index in [1.165, 1.54) is 6.07 Å². The minimum absolute atomic E-state index is 0.322. The van der Waals surface area contributed by atoms with Crippen molar-refractivity contribution in [2.45, 2.75) is 12.5 Å². The lowest BCUT2D eigenvalue weighted by atomic mass is 10.1. The normalized spacial score (nSPS) is 12.9. The van der Waals surface area contributed by atoms with Gasteiger partial charge in [0.2, 0.25) is 0 Å². The molecule has 1 aromatic carbocycles. The van der Waals surface area contributed by atoms with Crippen molar-refractivity contribution in [3.05, 3.63) is 35.6 Å². The third-order valence-corrected chi connectivity index (χ3v) is 1.70. The third-order valence-electron chi connectivity index (χ3n) is 1.70. The molecule has 0 saturated heterocycles. The number of aliphatic hydroxyl groups is 1. The van der Waals surface area contributed by atoms with Crippen molar-refractivity contribution in [3.63, 3.8) is 0 Å². The maximum absolute atomic E-state index is 13.0. The first-order chi connectivity index (χ1) is 5.75. The zero-order valence-corrected chi connectivity index (χ0v) is 6.70. The van der Waals surface area contributed by atoms with Gasteiger partial charge in [0.1, 0.15) is 5.82 Å². The highest BCUT2D eigenvalue weighted by Gasteiger charge is 2.09. The van der Waals surface area contributed by atoms with Crippen LogP contribution in [0.5, 0.6) is 0 Å². The summed E-state index contributed by atoms with van der Waals surface area (Å²) < 4.78 is 13.0. The zero-order valence-electron chi connectivity index (χ0n) is 6.70. The van der Waals surface area contributed by atoms with Crippen molar-refractivity contribution >= 4 is 0 Å². The van der Waals surface area contributed by atoms with Gasteiger partial charge in [0.05, 0.1) is 6.10 Å². The molecule has 0 aliphatic carbocycles. The monoisotopic (exact) mass is 169 g/mol. The van der Waals surface area contributed by atoms with Gasteiger partial charge in [-0.3, -0.25) is 0 Å². The van der Waals surface area contributed by atoms with E-state index in [9.17, 15) is 9.50 Å². The molecular formula is C9H12FNO. The lowest BCUT2D eigenvalue weighted by Gasteiger charge is -2.09. The van der Waals surface area contributed by atoms with Gasteiger partial charge in [-0.15, -0.1) is 0 Å². The molecule has 2 nitrogen and oxygen atoms in total. The summed E-state index contributed by atoms with van der Waals surface area (Å²) in [5.74, 6) is -0.376. The summed E-state index contributed by atoms with van der Waals surface area (Å²) in [6, 6.07) is 6.18. The molecule has 0 saturated carbocycles. The summed E-state index contributed by atoms with van der Waals surface area (Å²) in [7, 11) is 0. The Morgan fingerprint density at radius 1 is 1.42 bits per heavy atom. The van der Waals surface area contributed by atoms with Gasteiger partial charge in [-0.2, -0.15) is 0 Å². The molecule has 0 amide bonds. The molecule has 0 aliphatic rings. The average Bonchev–Trinajstić information content (AvgIpc) is 2.05. The van der Waals surface area contributed by atoms with Crippen molar-refractivity contribution in [2.24, 2.45) is 5.73 Å². The van der Waals surface area contributed by atoms with Crippen LogP contribution in [0.4, 0.5) is 4.39 Å². The molecular weight excluding hydrogens is 157 g/mol. The first-order valence-electron chi connectivity index (χ1n) is 3.88. The van der Waals surface area contributed by atoms with Crippen molar-refractivity contribution in [2.75, 3.05) is 6.54 Å². The molecule has 3 heteroatoms.